The molecule has 1 fully saturated rings. The molecule has 1 aliphatic heterocycles. The van der Waals surface area contributed by atoms with Gasteiger partial charge < -0.3 is 15.2 Å². The molecular weight excluding hydrogens is 298 g/mol. The molecule has 0 aliphatic carbocycles. The van der Waals surface area contributed by atoms with Gasteiger partial charge in [0.05, 0.1) is 19.8 Å². The highest BCUT2D eigenvalue weighted by Crippen LogP contribution is 2.26. The second-order valence-corrected chi connectivity index (χ2v) is 5.48. The third kappa shape index (κ3) is 2.91. The number of ether oxygens (including phenoxy) is 1. The number of amides is 1. The Balaban J connectivity index is 1.78. The number of hydrogen-bond acceptors (Lipinski definition) is 3. The molecule has 0 unspecified atom stereocenters. The summed E-state index contributed by atoms with van der Waals surface area (Å²) < 4.78 is 6.04. The van der Waals surface area contributed by atoms with Gasteiger partial charge in [-0.25, -0.2) is 0 Å². The van der Waals surface area contributed by atoms with Gasteiger partial charge in [0, 0.05) is 11.0 Å². The Hall–Kier alpha value is -0.910. The third-order valence-corrected chi connectivity index (χ3v) is 3.68. The Labute approximate surface area is 114 Å². The number of aliphatic hydroxyl groups is 1. The normalized spacial score (nSPS) is 17.0. The van der Waals surface area contributed by atoms with Gasteiger partial charge in [-0.15, -0.1) is 0 Å². The lowest BCUT2D eigenvalue weighted by Crippen LogP contribution is -2.56. The van der Waals surface area contributed by atoms with Gasteiger partial charge >= 0.3 is 0 Å². The minimum atomic E-state index is -0.709. The smallest absolute Gasteiger partial charge is 0.233 e. The van der Waals surface area contributed by atoms with Crippen LogP contribution in [0.5, 0.6) is 0 Å². The van der Waals surface area contributed by atoms with E-state index < -0.39 is 5.41 Å². The molecule has 5 heteroatoms. The van der Waals surface area contributed by atoms with E-state index in [1.165, 1.54) is 5.56 Å². The minimum Gasteiger partial charge on any atom is -0.395 e. The lowest BCUT2D eigenvalue weighted by molar-refractivity contribution is -0.169. The predicted octanol–water partition coefficient (Wildman–Crippen LogP) is 1.12. The fraction of sp³-hybridized carbons (Fsp3) is 0.462. The molecule has 0 radical (unpaired) electrons. The quantitative estimate of drug-likeness (QED) is 0.856. The van der Waals surface area contributed by atoms with Crippen molar-refractivity contribution in [3.8, 4) is 0 Å². The zero-order valence-electron chi connectivity index (χ0n) is 9.99. The molecule has 2 rings (SSSR count). The van der Waals surface area contributed by atoms with Crippen LogP contribution >= 0.6 is 15.9 Å². The van der Waals surface area contributed by atoms with Gasteiger partial charge in [0.25, 0.3) is 0 Å². The monoisotopic (exact) mass is 313 g/mol. The van der Waals surface area contributed by atoms with Crippen molar-refractivity contribution in [3.05, 3.63) is 34.3 Å². The molecule has 4 nitrogen and oxygen atoms in total. The number of nitrogens with one attached hydrogen (secondary N) is 1. The Morgan fingerprint density at radius 2 is 2.06 bits per heavy atom. The van der Waals surface area contributed by atoms with Gasteiger partial charge in [-0.1, -0.05) is 28.1 Å². The van der Waals surface area contributed by atoms with Crippen molar-refractivity contribution in [1.29, 1.82) is 0 Å². The van der Waals surface area contributed by atoms with Crippen molar-refractivity contribution in [1.82, 2.24) is 5.32 Å². The first-order valence-electron chi connectivity index (χ1n) is 5.88. The summed E-state index contributed by atoms with van der Waals surface area (Å²) in [6.45, 7) is 1.04. The Kier molecular flexibility index (Phi) is 4.37. The van der Waals surface area contributed by atoms with Gasteiger partial charge in [0.1, 0.15) is 5.41 Å². The van der Waals surface area contributed by atoms with E-state index in [-0.39, 0.29) is 12.5 Å². The maximum Gasteiger partial charge on any atom is 0.233 e. The zero-order chi connectivity index (χ0) is 13.0. The molecule has 2 N–H and O–H groups in total. The summed E-state index contributed by atoms with van der Waals surface area (Å²) in [6.07, 6.45) is 0.779. The van der Waals surface area contributed by atoms with Crippen LogP contribution < -0.4 is 5.32 Å². The fourth-order valence-electron chi connectivity index (χ4n) is 1.80. The van der Waals surface area contributed by atoms with E-state index in [4.69, 9.17) is 4.74 Å². The van der Waals surface area contributed by atoms with E-state index in [1.54, 1.807) is 0 Å². The number of benzene rings is 1. The van der Waals surface area contributed by atoms with Crippen molar-refractivity contribution in [2.24, 2.45) is 5.41 Å². The van der Waals surface area contributed by atoms with E-state index in [1.807, 2.05) is 24.3 Å². The SMILES string of the molecule is O=C(NCCc1ccc(Br)cc1)C1(CO)COC1. The molecule has 0 atom stereocenters. The maximum absolute atomic E-state index is 11.9. The van der Waals surface area contributed by atoms with Gasteiger partial charge in [-0.2, -0.15) is 0 Å². The molecule has 1 aromatic rings. The number of rotatable bonds is 5. The van der Waals surface area contributed by atoms with Crippen molar-refractivity contribution >= 4 is 21.8 Å². The highest BCUT2D eigenvalue weighted by atomic mass is 79.9. The van der Waals surface area contributed by atoms with Crippen LogP contribution in [-0.4, -0.2) is 37.4 Å². The first-order chi connectivity index (χ1) is 8.66. The van der Waals surface area contributed by atoms with Gasteiger partial charge in [0.15, 0.2) is 0 Å². The molecule has 0 spiro atoms. The third-order valence-electron chi connectivity index (χ3n) is 3.15. The molecular formula is C13H16BrNO3. The van der Waals surface area contributed by atoms with Crippen LogP contribution in [0.1, 0.15) is 5.56 Å². The van der Waals surface area contributed by atoms with E-state index in [2.05, 4.69) is 21.2 Å². The fourth-order valence-corrected chi connectivity index (χ4v) is 2.07. The van der Waals surface area contributed by atoms with Crippen LogP contribution in [0, 0.1) is 5.41 Å². The number of carbonyl (C=O) groups excluding carboxylic acids is 1. The topological polar surface area (TPSA) is 58.6 Å². The summed E-state index contributed by atoms with van der Waals surface area (Å²) in [5, 5.41) is 12.1. The molecule has 98 valence electrons. The summed E-state index contributed by atoms with van der Waals surface area (Å²) in [6, 6.07) is 7.99. The molecule has 1 saturated heterocycles. The zero-order valence-corrected chi connectivity index (χ0v) is 11.6. The van der Waals surface area contributed by atoms with E-state index >= 15 is 0 Å². The molecule has 0 aromatic heterocycles. The Morgan fingerprint density at radius 1 is 1.39 bits per heavy atom. The standard InChI is InChI=1S/C13H16BrNO3/c14-11-3-1-10(2-4-11)5-6-15-12(17)13(7-16)8-18-9-13/h1-4,16H,5-9H2,(H,15,17). The van der Waals surface area contributed by atoms with Gasteiger partial charge in [-0.05, 0) is 24.1 Å². The summed E-state index contributed by atoms with van der Waals surface area (Å²) >= 11 is 3.38. The maximum atomic E-state index is 11.9. The van der Waals surface area contributed by atoms with Crippen LogP contribution in [0.4, 0.5) is 0 Å². The molecule has 1 aliphatic rings. The van der Waals surface area contributed by atoms with Gasteiger partial charge in [0.2, 0.25) is 5.91 Å². The lowest BCUT2D eigenvalue weighted by Gasteiger charge is -2.38. The predicted molar refractivity (Wildman–Crippen MR) is 71.2 cm³/mol. The summed E-state index contributed by atoms with van der Waals surface area (Å²) in [5.41, 5.74) is 0.459. The number of carbonyl (C=O) groups is 1. The first kappa shape index (κ1) is 13.5. The first-order valence-corrected chi connectivity index (χ1v) is 6.67. The number of aliphatic hydroxyl groups excluding tert-OH is 1. The summed E-state index contributed by atoms with van der Waals surface area (Å²) in [4.78, 5) is 11.9. The highest BCUT2D eigenvalue weighted by Gasteiger charge is 2.45. The highest BCUT2D eigenvalue weighted by molar-refractivity contribution is 9.10. The number of halogens is 1. The number of hydrogen-bond donors (Lipinski definition) is 2. The molecule has 0 bridgehead atoms. The molecule has 18 heavy (non-hydrogen) atoms. The second kappa shape index (κ2) is 5.82. The van der Waals surface area contributed by atoms with Crippen LogP contribution in [0.15, 0.2) is 28.7 Å². The Morgan fingerprint density at radius 3 is 2.56 bits per heavy atom. The van der Waals surface area contributed by atoms with Gasteiger partial charge in [-0.3, -0.25) is 4.79 Å². The molecule has 1 heterocycles. The van der Waals surface area contributed by atoms with Crippen molar-refractivity contribution in [2.75, 3.05) is 26.4 Å². The molecule has 1 amide bonds. The molecule has 0 saturated carbocycles. The van der Waals surface area contributed by atoms with Crippen molar-refractivity contribution in [3.63, 3.8) is 0 Å². The van der Waals surface area contributed by atoms with Crippen molar-refractivity contribution in [2.45, 2.75) is 6.42 Å². The van der Waals surface area contributed by atoms with Crippen LogP contribution in [-0.2, 0) is 16.0 Å². The largest absolute Gasteiger partial charge is 0.395 e. The van der Waals surface area contributed by atoms with Crippen LogP contribution in [0.25, 0.3) is 0 Å². The molecule has 1 aromatic carbocycles. The average molecular weight is 314 g/mol. The van der Waals surface area contributed by atoms with E-state index in [0.717, 1.165) is 10.9 Å². The van der Waals surface area contributed by atoms with Crippen molar-refractivity contribution < 1.29 is 14.6 Å². The lowest BCUT2D eigenvalue weighted by atomic mass is 9.86. The average Bonchev–Trinajstić information content (AvgIpc) is 2.31. The van der Waals surface area contributed by atoms with Crippen LogP contribution in [0.2, 0.25) is 0 Å². The summed E-state index contributed by atoms with van der Waals surface area (Å²) in [7, 11) is 0. The Bertz CT molecular complexity index is 409. The van der Waals surface area contributed by atoms with E-state index in [0.29, 0.717) is 19.8 Å². The van der Waals surface area contributed by atoms with Crippen LogP contribution in [0.3, 0.4) is 0 Å². The second-order valence-electron chi connectivity index (χ2n) is 4.56. The summed E-state index contributed by atoms with van der Waals surface area (Å²) in [5.74, 6) is -0.117. The minimum absolute atomic E-state index is 0.117. The van der Waals surface area contributed by atoms with E-state index in [9.17, 15) is 9.90 Å².